The highest BCUT2D eigenvalue weighted by atomic mass is 32.2. The first-order valence-corrected chi connectivity index (χ1v) is 10.1. The molecule has 0 aromatic rings. The van der Waals surface area contributed by atoms with Gasteiger partial charge in [0.25, 0.3) is 0 Å². The van der Waals surface area contributed by atoms with Crippen LogP contribution in [-0.4, -0.2) is 68.6 Å². The topological polar surface area (TPSA) is 69.7 Å². The van der Waals surface area contributed by atoms with Gasteiger partial charge in [-0.3, -0.25) is 4.79 Å². The number of carbonyl (C=O) groups is 1. The molecule has 3 rings (SSSR count). The van der Waals surface area contributed by atoms with Crippen molar-refractivity contribution >= 4 is 15.9 Å². The Morgan fingerprint density at radius 3 is 2.36 bits per heavy atom. The van der Waals surface area contributed by atoms with Gasteiger partial charge in [0.1, 0.15) is 0 Å². The van der Waals surface area contributed by atoms with Gasteiger partial charge in [0, 0.05) is 44.7 Å². The van der Waals surface area contributed by atoms with E-state index in [1.165, 1.54) is 6.26 Å². The summed E-state index contributed by atoms with van der Waals surface area (Å²) in [6, 6.07) is 0.282. The van der Waals surface area contributed by atoms with Crippen LogP contribution >= 0.6 is 0 Å². The van der Waals surface area contributed by atoms with E-state index in [1.54, 1.807) is 4.31 Å². The average molecular weight is 329 g/mol. The first-order valence-electron chi connectivity index (χ1n) is 8.27. The molecule has 0 aromatic heterocycles. The number of sulfonamides is 1. The average Bonchev–Trinajstić information content (AvgIpc) is 2.44. The third-order valence-corrected chi connectivity index (χ3v) is 7.05. The zero-order valence-corrected chi connectivity index (χ0v) is 14.4. The van der Waals surface area contributed by atoms with Gasteiger partial charge in [0.15, 0.2) is 0 Å². The minimum atomic E-state index is -3.06. The van der Waals surface area contributed by atoms with Crippen LogP contribution in [0.4, 0.5) is 0 Å². The number of hydrogen-bond donors (Lipinski definition) is 1. The summed E-state index contributed by atoms with van der Waals surface area (Å²) in [5.74, 6) is 0.468. The molecule has 1 spiro atoms. The first-order chi connectivity index (χ1) is 10.3. The van der Waals surface area contributed by atoms with E-state index in [9.17, 15) is 13.2 Å². The lowest BCUT2D eigenvalue weighted by molar-refractivity contribution is -0.148. The number of rotatable bonds is 2. The van der Waals surface area contributed by atoms with Gasteiger partial charge in [-0.15, -0.1) is 0 Å². The van der Waals surface area contributed by atoms with E-state index in [-0.39, 0.29) is 17.4 Å². The van der Waals surface area contributed by atoms with E-state index in [0.717, 1.165) is 45.3 Å². The monoisotopic (exact) mass is 329 g/mol. The summed E-state index contributed by atoms with van der Waals surface area (Å²) in [4.78, 5) is 14.7. The minimum Gasteiger partial charge on any atom is -0.337 e. The van der Waals surface area contributed by atoms with E-state index < -0.39 is 10.0 Å². The molecule has 2 heterocycles. The summed E-state index contributed by atoms with van der Waals surface area (Å²) in [6.45, 7) is 5.91. The Hall–Kier alpha value is -0.660. The van der Waals surface area contributed by atoms with Crippen molar-refractivity contribution in [1.29, 1.82) is 0 Å². The van der Waals surface area contributed by atoms with Crippen LogP contribution in [0.15, 0.2) is 0 Å². The Morgan fingerprint density at radius 2 is 1.82 bits per heavy atom. The molecule has 2 aliphatic heterocycles. The number of piperazine rings is 1. The van der Waals surface area contributed by atoms with E-state index in [1.807, 2.05) is 4.90 Å². The molecule has 3 fully saturated rings. The SMILES string of the molecule is C[C@@H]1CNCCN1C(=O)C1CC2(CCN(S(C)(=O)=O)CC2)C1. The number of carbonyl (C=O) groups excluding carboxylic acids is 1. The van der Waals surface area contributed by atoms with Crippen molar-refractivity contribution in [3.05, 3.63) is 0 Å². The van der Waals surface area contributed by atoms with Gasteiger partial charge in [0.2, 0.25) is 15.9 Å². The summed E-state index contributed by atoms with van der Waals surface area (Å²) in [7, 11) is -3.06. The third kappa shape index (κ3) is 3.03. The lowest BCUT2D eigenvalue weighted by atomic mass is 9.57. The quantitative estimate of drug-likeness (QED) is 0.789. The van der Waals surface area contributed by atoms with E-state index >= 15 is 0 Å². The highest BCUT2D eigenvalue weighted by molar-refractivity contribution is 7.88. The maximum Gasteiger partial charge on any atom is 0.226 e. The van der Waals surface area contributed by atoms with Gasteiger partial charge in [-0.1, -0.05) is 0 Å². The van der Waals surface area contributed by atoms with Crippen molar-refractivity contribution in [2.45, 2.75) is 38.6 Å². The van der Waals surface area contributed by atoms with Gasteiger partial charge in [-0.05, 0) is 38.0 Å². The molecule has 1 aliphatic carbocycles. The largest absolute Gasteiger partial charge is 0.337 e. The van der Waals surface area contributed by atoms with Gasteiger partial charge < -0.3 is 10.2 Å². The summed E-state index contributed by atoms with van der Waals surface area (Å²) in [5, 5.41) is 3.31. The summed E-state index contributed by atoms with van der Waals surface area (Å²) in [5.41, 5.74) is 0.221. The molecule has 6 nitrogen and oxygen atoms in total. The summed E-state index contributed by atoms with van der Waals surface area (Å²) in [6.07, 6.45) is 4.98. The fraction of sp³-hybridized carbons (Fsp3) is 0.933. The number of hydrogen-bond acceptors (Lipinski definition) is 4. The number of nitrogens with zero attached hydrogens (tertiary/aromatic N) is 2. The molecule has 0 unspecified atom stereocenters. The van der Waals surface area contributed by atoms with Crippen LogP contribution in [-0.2, 0) is 14.8 Å². The van der Waals surface area contributed by atoms with E-state index in [0.29, 0.717) is 19.0 Å². The molecule has 0 radical (unpaired) electrons. The highest BCUT2D eigenvalue weighted by Crippen LogP contribution is 2.53. The minimum absolute atomic E-state index is 0.158. The van der Waals surface area contributed by atoms with Crippen LogP contribution in [0.5, 0.6) is 0 Å². The van der Waals surface area contributed by atoms with E-state index in [2.05, 4.69) is 12.2 Å². The second-order valence-electron chi connectivity index (χ2n) is 7.35. The number of amides is 1. The van der Waals surface area contributed by atoms with Crippen molar-refractivity contribution in [2.75, 3.05) is 39.0 Å². The zero-order chi connectivity index (χ0) is 16.0. The Morgan fingerprint density at radius 1 is 1.18 bits per heavy atom. The zero-order valence-electron chi connectivity index (χ0n) is 13.5. The van der Waals surface area contributed by atoms with Gasteiger partial charge >= 0.3 is 0 Å². The van der Waals surface area contributed by atoms with Gasteiger partial charge in [0.05, 0.1) is 6.26 Å². The molecule has 1 amide bonds. The second-order valence-corrected chi connectivity index (χ2v) is 9.33. The lowest BCUT2D eigenvalue weighted by Crippen LogP contribution is -2.57. The molecule has 1 saturated carbocycles. The Kier molecular flexibility index (Phi) is 4.24. The smallest absolute Gasteiger partial charge is 0.226 e. The normalized spacial score (nSPS) is 30.3. The highest BCUT2D eigenvalue weighted by Gasteiger charge is 2.50. The molecule has 0 bridgehead atoms. The van der Waals surface area contributed by atoms with Gasteiger partial charge in [-0.25, -0.2) is 12.7 Å². The van der Waals surface area contributed by atoms with Crippen LogP contribution in [0.25, 0.3) is 0 Å². The van der Waals surface area contributed by atoms with Crippen LogP contribution in [0, 0.1) is 11.3 Å². The maximum absolute atomic E-state index is 12.6. The van der Waals surface area contributed by atoms with Crippen molar-refractivity contribution < 1.29 is 13.2 Å². The molecule has 2 saturated heterocycles. The van der Waals surface area contributed by atoms with Gasteiger partial charge in [-0.2, -0.15) is 0 Å². The maximum atomic E-state index is 12.6. The van der Waals surface area contributed by atoms with Crippen molar-refractivity contribution in [1.82, 2.24) is 14.5 Å². The van der Waals surface area contributed by atoms with Crippen LogP contribution in [0.1, 0.15) is 32.6 Å². The molecule has 0 aromatic carbocycles. The predicted octanol–water partition coefficient (Wildman–Crippen LogP) is 0.259. The van der Waals surface area contributed by atoms with Crippen molar-refractivity contribution in [2.24, 2.45) is 11.3 Å². The first kappa shape index (κ1) is 16.2. The van der Waals surface area contributed by atoms with E-state index in [4.69, 9.17) is 0 Å². The van der Waals surface area contributed by atoms with Crippen molar-refractivity contribution in [3.8, 4) is 0 Å². The fourth-order valence-electron chi connectivity index (χ4n) is 4.26. The molecule has 7 heteroatoms. The van der Waals surface area contributed by atoms with Crippen LogP contribution in [0.3, 0.4) is 0 Å². The lowest BCUT2D eigenvalue weighted by Gasteiger charge is -2.52. The molecule has 3 aliphatic rings. The summed E-state index contributed by atoms with van der Waals surface area (Å²) >= 11 is 0. The molecule has 22 heavy (non-hydrogen) atoms. The Balaban J connectivity index is 1.53. The number of piperidine rings is 1. The molecular weight excluding hydrogens is 302 g/mol. The standard InChI is InChI=1S/C15H27N3O3S/c1-12-11-16-5-8-18(12)14(19)13-9-15(10-13)3-6-17(7-4-15)22(2,20)21/h12-13,16H,3-11H2,1-2H3/t12-/m1/s1. The molecule has 126 valence electrons. The van der Waals surface area contributed by atoms with Crippen LogP contribution in [0.2, 0.25) is 0 Å². The number of nitrogens with one attached hydrogen (secondary N) is 1. The molecule has 1 N–H and O–H groups in total. The Bertz CT molecular complexity index is 532. The Labute approximate surface area is 133 Å². The fourth-order valence-corrected chi connectivity index (χ4v) is 5.11. The predicted molar refractivity (Wildman–Crippen MR) is 84.9 cm³/mol. The molecule has 1 atom stereocenters. The summed E-state index contributed by atoms with van der Waals surface area (Å²) < 4.78 is 24.7. The third-order valence-electron chi connectivity index (χ3n) is 5.74. The van der Waals surface area contributed by atoms with Crippen LogP contribution < -0.4 is 5.32 Å². The second kappa shape index (κ2) is 5.76. The van der Waals surface area contributed by atoms with Crippen molar-refractivity contribution in [3.63, 3.8) is 0 Å². The molecular formula is C15H27N3O3S.